The summed E-state index contributed by atoms with van der Waals surface area (Å²) in [7, 11) is 5.50. The van der Waals surface area contributed by atoms with Gasteiger partial charge in [0.1, 0.15) is 6.29 Å². The van der Waals surface area contributed by atoms with Crippen molar-refractivity contribution < 1.29 is 14.3 Å². The van der Waals surface area contributed by atoms with Crippen LogP contribution in [0, 0.1) is 0 Å². The van der Waals surface area contributed by atoms with Crippen molar-refractivity contribution in [3.8, 4) is 11.5 Å². The molecule has 0 bridgehead atoms. The van der Waals surface area contributed by atoms with E-state index in [9.17, 15) is 4.79 Å². The van der Waals surface area contributed by atoms with Gasteiger partial charge in [0.25, 0.3) is 0 Å². The molecule has 0 aromatic heterocycles. The van der Waals surface area contributed by atoms with Gasteiger partial charge in [-0.3, -0.25) is 9.80 Å². The number of hydrogen-bond acceptors (Lipinski definition) is 6. The lowest BCUT2D eigenvalue weighted by molar-refractivity contribution is -0.109. The largest absolute Gasteiger partial charge is 0.493 e. The molecule has 1 saturated carbocycles. The Morgan fingerprint density at radius 3 is 2.18 bits per heavy atom. The number of benzene rings is 1. The quantitative estimate of drug-likeness (QED) is 0.719. The number of carbonyl (C=O) groups excluding carboxylic acids is 1. The van der Waals surface area contributed by atoms with Gasteiger partial charge in [0.15, 0.2) is 11.5 Å². The third-order valence-corrected chi connectivity index (χ3v) is 6.26. The predicted octanol–water partition coefficient (Wildman–Crippen LogP) is 2.05. The van der Waals surface area contributed by atoms with Crippen LogP contribution in [0.2, 0.25) is 0 Å². The van der Waals surface area contributed by atoms with E-state index in [1.165, 1.54) is 56.6 Å². The van der Waals surface area contributed by atoms with E-state index in [4.69, 9.17) is 9.47 Å². The van der Waals surface area contributed by atoms with Crippen LogP contribution in [-0.4, -0.2) is 87.6 Å². The average Bonchev–Trinajstić information content (AvgIpc) is 2.68. The van der Waals surface area contributed by atoms with Gasteiger partial charge in [-0.25, -0.2) is 0 Å². The number of piperazine rings is 1. The van der Waals surface area contributed by atoms with Crippen molar-refractivity contribution in [1.29, 1.82) is 0 Å². The SMILES string of the molecule is CN1CCN(C2CCC2)CC1.COc1cc2c(cc1OC)CN(CC=O)CC2. The van der Waals surface area contributed by atoms with Crippen molar-refractivity contribution >= 4 is 6.29 Å². The van der Waals surface area contributed by atoms with Gasteiger partial charge in [-0.15, -0.1) is 0 Å². The molecule has 6 heteroatoms. The molecule has 3 aliphatic rings. The molecule has 1 aromatic rings. The van der Waals surface area contributed by atoms with E-state index in [0.717, 1.165) is 43.3 Å². The van der Waals surface area contributed by atoms with Gasteiger partial charge in [-0.2, -0.15) is 0 Å². The molecule has 0 N–H and O–H groups in total. The van der Waals surface area contributed by atoms with Gasteiger partial charge >= 0.3 is 0 Å². The number of methoxy groups -OCH3 is 2. The molecule has 6 nitrogen and oxygen atoms in total. The third-order valence-electron chi connectivity index (χ3n) is 6.26. The molecule has 1 aliphatic carbocycles. The zero-order valence-corrected chi connectivity index (χ0v) is 17.7. The van der Waals surface area contributed by atoms with E-state index in [1.54, 1.807) is 14.2 Å². The van der Waals surface area contributed by atoms with E-state index >= 15 is 0 Å². The first-order chi connectivity index (χ1) is 13.6. The predicted molar refractivity (Wildman–Crippen MR) is 111 cm³/mol. The number of likely N-dealkylation sites (N-methyl/N-ethyl adjacent to an activating group) is 1. The van der Waals surface area contributed by atoms with Gasteiger partial charge in [0.2, 0.25) is 0 Å². The molecule has 4 rings (SSSR count). The van der Waals surface area contributed by atoms with Gasteiger partial charge in [-0.05, 0) is 49.6 Å². The van der Waals surface area contributed by atoms with Crippen molar-refractivity contribution in [2.75, 3.05) is 60.5 Å². The first-order valence-electron chi connectivity index (χ1n) is 10.5. The first kappa shape index (κ1) is 21.1. The fraction of sp³-hybridized carbons (Fsp3) is 0.682. The molecular weight excluding hydrogens is 354 g/mol. The maximum Gasteiger partial charge on any atom is 0.161 e. The fourth-order valence-electron chi connectivity index (χ4n) is 4.14. The molecule has 0 spiro atoms. The molecule has 0 amide bonds. The van der Waals surface area contributed by atoms with E-state index < -0.39 is 0 Å². The molecule has 0 unspecified atom stereocenters. The summed E-state index contributed by atoms with van der Waals surface area (Å²) >= 11 is 0. The fourth-order valence-corrected chi connectivity index (χ4v) is 4.14. The molecule has 28 heavy (non-hydrogen) atoms. The van der Waals surface area contributed by atoms with Crippen molar-refractivity contribution in [1.82, 2.24) is 14.7 Å². The summed E-state index contributed by atoms with van der Waals surface area (Å²) in [6.07, 6.45) is 6.29. The van der Waals surface area contributed by atoms with Crippen LogP contribution in [0.5, 0.6) is 11.5 Å². The molecule has 0 radical (unpaired) electrons. The lowest BCUT2D eigenvalue weighted by Crippen LogP contribution is -2.51. The summed E-state index contributed by atoms with van der Waals surface area (Å²) in [5.74, 6) is 1.52. The number of aldehydes is 1. The number of nitrogens with zero attached hydrogens (tertiary/aromatic N) is 3. The Hall–Kier alpha value is -1.63. The molecule has 156 valence electrons. The van der Waals surface area contributed by atoms with Gasteiger partial charge in [-0.1, -0.05) is 6.42 Å². The van der Waals surface area contributed by atoms with E-state index in [0.29, 0.717) is 6.54 Å². The van der Waals surface area contributed by atoms with Crippen LogP contribution in [0.15, 0.2) is 12.1 Å². The number of fused-ring (bicyclic) bond motifs is 1. The number of hydrogen-bond donors (Lipinski definition) is 0. The highest BCUT2D eigenvalue weighted by Crippen LogP contribution is 2.33. The summed E-state index contributed by atoms with van der Waals surface area (Å²) in [4.78, 5) is 17.7. The maximum atomic E-state index is 10.5. The van der Waals surface area contributed by atoms with Crippen molar-refractivity contribution in [3.63, 3.8) is 0 Å². The van der Waals surface area contributed by atoms with Crippen LogP contribution >= 0.6 is 0 Å². The van der Waals surface area contributed by atoms with Gasteiger partial charge in [0.05, 0.1) is 20.8 Å². The minimum Gasteiger partial charge on any atom is -0.493 e. The van der Waals surface area contributed by atoms with Crippen LogP contribution in [0.1, 0.15) is 30.4 Å². The van der Waals surface area contributed by atoms with E-state index in [2.05, 4.69) is 21.7 Å². The second-order valence-electron chi connectivity index (χ2n) is 8.05. The Morgan fingerprint density at radius 1 is 1.00 bits per heavy atom. The Balaban J connectivity index is 0.000000176. The molecule has 1 saturated heterocycles. The van der Waals surface area contributed by atoms with Crippen LogP contribution in [-0.2, 0) is 17.8 Å². The van der Waals surface area contributed by atoms with Gasteiger partial charge in [0, 0.05) is 45.3 Å². The lowest BCUT2D eigenvalue weighted by atomic mass is 9.91. The maximum absolute atomic E-state index is 10.5. The zero-order chi connectivity index (χ0) is 19.9. The molecule has 0 atom stereocenters. The van der Waals surface area contributed by atoms with Crippen LogP contribution in [0.4, 0.5) is 0 Å². The Morgan fingerprint density at radius 2 is 1.64 bits per heavy atom. The summed E-state index contributed by atoms with van der Waals surface area (Å²) in [5.41, 5.74) is 2.50. The molecule has 2 fully saturated rings. The third kappa shape index (κ3) is 5.25. The highest BCUT2D eigenvalue weighted by molar-refractivity contribution is 5.53. The van der Waals surface area contributed by atoms with E-state index in [1.807, 2.05) is 12.1 Å². The summed E-state index contributed by atoms with van der Waals surface area (Å²) in [6, 6.07) is 5.00. The van der Waals surface area contributed by atoms with Crippen LogP contribution in [0.3, 0.4) is 0 Å². The van der Waals surface area contributed by atoms with E-state index in [-0.39, 0.29) is 0 Å². The van der Waals surface area contributed by atoms with Crippen LogP contribution in [0.25, 0.3) is 0 Å². The highest BCUT2D eigenvalue weighted by atomic mass is 16.5. The zero-order valence-electron chi connectivity index (χ0n) is 17.7. The molecule has 2 aliphatic heterocycles. The monoisotopic (exact) mass is 389 g/mol. The van der Waals surface area contributed by atoms with Crippen LogP contribution < -0.4 is 9.47 Å². The minimum absolute atomic E-state index is 0.494. The second-order valence-corrected chi connectivity index (χ2v) is 8.05. The van der Waals surface area contributed by atoms with Gasteiger partial charge < -0.3 is 19.2 Å². The lowest BCUT2D eigenvalue weighted by Gasteiger charge is -2.42. The Kier molecular flexibility index (Phi) is 7.71. The van der Waals surface area contributed by atoms with Crippen molar-refractivity contribution in [3.05, 3.63) is 23.3 Å². The Bertz CT molecular complexity index is 640. The second kappa shape index (κ2) is 10.2. The summed E-state index contributed by atoms with van der Waals surface area (Å²) in [6.45, 7) is 7.37. The summed E-state index contributed by atoms with van der Waals surface area (Å²) in [5, 5.41) is 0. The topological polar surface area (TPSA) is 45.2 Å². The molecule has 2 heterocycles. The number of ether oxygens (including phenoxy) is 2. The number of carbonyl (C=O) groups is 1. The minimum atomic E-state index is 0.494. The highest BCUT2D eigenvalue weighted by Gasteiger charge is 2.26. The van der Waals surface area contributed by atoms with Crippen molar-refractivity contribution in [2.45, 2.75) is 38.3 Å². The average molecular weight is 390 g/mol. The molecule has 1 aromatic carbocycles. The summed E-state index contributed by atoms with van der Waals surface area (Å²) < 4.78 is 10.6. The standard InChI is InChI=1S/C13H17NO3.C9H18N2/c1-16-12-7-10-3-4-14(5-6-15)9-11(10)8-13(12)17-2;1-10-5-7-11(8-6-10)9-3-2-4-9/h6-8H,3-5,9H2,1-2H3;9H,2-8H2,1H3. The normalized spacial score (nSPS) is 21.1. The smallest absolute Gasteiger partial charge is 0.161 e. The Labute approximate surface area is 169 Å². The molecular formula is C22H35N3O3. The number of rotatable bonds is 5. The van der Waals surface area contributed by atoms with Crippen molar-refractivity contribution in [2.24, 2.45) is 0 Å². The first-order valence-corrected chi connectivity index (χ1v) is 10.5.